The van der Waals surface area contributed by atoms with Gasteiger partial charge in [-0.3, -0.25) is 4.79 Å². The van der Waals surface area contributed by atoms with E-state index in [2.05, 4.69) is 16.0 Å². The van der Waals surface area contributed by atoms with Gasteiger partial charge in [-0.1, -0.05) is 12.1 Å². The molecule has 132 valence electrons. The van der Waals surface area contributed by atoms with Gasteiger partial charge in [0.1, 0.15) is 11.6 Å². The first kappa shape index (κ1) is 17.6. The summed E-state index contributed by atoms with van der Waals surface area (Å²) < 4.78 is 18.2. The molecule has 1 amide bonds. The first-order valence-corrected chi connectivity index (χ1v) is 8.26. The van der Waals surface area contributed by atoms with Crippen molar-refractivity contribution in [3.63, 3.8) is 0 Å². The van der Waals surface area contributed by atoms with E-state index in [0.717, 1.165) is 0 Å². The molecule has 3 rings (SSSR count). The zero-order valence-corrected chi connectivity index (χ0v) is 14.5. The van der Waals surface area contributed by atoms with Gasteiger partial charge in [-0.05, 0) is 60.7 Å². The van der Waals surface area contributed by atoms with E-state index in [4.69, 9.17) is 16.6 Å². The summed E-state index contributed by atoms with van der Waals surface area (Å²) in [4.78, 5) is 12.4. The maximum absolute atomic E-state index is 13.0. The van der Waals surface area contributed by atoms with E-state index in [9.17, 15) is 9.18 Å². The number of thiocarbonyl (C=S) groups is 1. The van der Waals surface area contributed by atoms with Crippen LogP contribution in [-0.2, 0) is 6.54 Å². The standard InChI is InChI=1S/C19H16FN3O2S/c20-13-7-9-14(10-8-13)22-19(26)23-17-6-2-1-5-16(17)18(24)21-12-15-4-3-11-25-15/h1-11H,12H2,(H,21,24)(H2,22,23,26). The monoisotopic (exact) mass is 369 g/mol. The van der Waals surface area contributed by atoms with Crippen LogP contribution < -0.4 is 16.0 Å². The fourth-order valence-corrected chi connectivity index (χ4v) is 2.51. The fourth-order valence-electron chi connectivity index (χ4n) is 2.28. The van der Waals surface area contributed by atoms with Gasteiger partial charge in [0, 0.05) is 5.69 Å². The second-order valence-electron chi connectivity index (χ2n) is 5.39. The van der Waals surface area contributed by atoms with Crippen molar-refractivity contribution in [2.45, 2.75) is 6.54 Å². The van der Waals surface area contributed by atoms with E-state index in [1.807, 2.05) is 0 Å². The van der Waals surface area contributed by atoms with Gasteiger partial charge >= 0.3 is 0 Å². The normalized spacial score (nSPS) is 10.2. The fraction of sp³-hybridized carbons (Fsp3) is 0.0526. The van der Waals surface area contributed by atoms with Crippen LogP contribution in [0.1, 0.15) is 16.1 Å². The maximum Gasteiger partial charge on any atom is 0.253 e. The van der Waals surface area contributed by atoms with E-state index in [0.29, 0.717) is 34.4 Å². The Morgan fingerprint density at radius 1 is 1.00 bits per heavy atom. The summed E-state index contributed by atoms with van der Waals surface area (Å²) in [6.07, 6.45) is 1.55. The molecule has 3 N–H and O–H groups in total. The minimum atomic E-state index is -0.326. The number of rotatable bonds is 5. The molecule has 0 spiro atoms. The van der Waals surface area contributed by atoms with Crippen LogP contribution in [0.3, 0.4) is 0 Å². The average molecular weight is 369 g/mol. The highest BCUT2D eigenvalue weighted by Gasteiger charge is 2.12. The van der Waals surface area contributed by atoms with Crippen molar-refractivity contribution in [1.82, 2.24) is 5.32 Å². The molecule has 1 heterocycles. The number of anilines is 2. The van der Waals surface area contributed by atoms with Gasteiger partial charge in [0.2, 0.25) is 0 Å². The minimum absolute atomic E-state index is 0.255. The number of para-hydroxylation sites is 1. The third-order valence-electron chi connectivity index (χ3n) is 3.53. The largest absolute Gasteiger partial charge is 0.467 e. The van der Waals surface area contributed by atoms with Crippen molar-refractivity contribution in [3.8, 4) is 0 Å². The Morgan fingerprint density at radius 2 is 1.77 bits per heavy atom. The van der Waals surface area contributed by atoms with Crippen LogP contribution in [0.4, 0.5) is 15.8 Å². The molecule has 7 heteroatoms. The molecular formula is C19H16FN3O2S. The third kappa shape index (κ3) is 4.67. The Morgan fingerprint density at radius 3 is 2.50 bits per heavy atom. The lowest BCUT2D eigenvalue weighted by Crippen LogP contribution is -2.26. The first-order chi connectivity index (χ1) is 12.6. The third-order valence-corrected chi connectivity index (χ3v) is 3.73. The van der Waals surface area contributed by atoms with E-state index in [1.165, 1.54) is 12.1 Å². The van der Waals surface area contributed by atoms with Crippen molar-refractivity contribution in [3.05, 3.63) is 84.1 Å². The van der Waals surface area contributed by atoms with E-state index in [-0.39, 0.29) is 11.7 Å². The Labute approximate surface area is 155 Å². The summed E-state index contributed by atoms with van der Waals surface area (Å²) in [5.41, 5.74) is 1.65. The lowest BCUT2D eigenvalue weighted by Gasteiger charge is -2.14. The molecule has 0 aliphatic rings. The smallest absolute Gasteiger partial charge is 0.253 e. The average Bonchev–Trinajstić information content (AvgIpc) is 3.16. The number of halogens is 1. The molecule has 0 saturated carbocycles. The second kappa shape index (κ2) is 8.26. The van der Waals surface area contributed by atoms with Crippen LogP contribution in [0.5, 0.6) is 0 Å². The lowest BCUT2D eigenvalue weighted by atomic mass is 10.1. The number of benzene rings is 2. The number of hydrogen-bond acceptors (Lipinski definition) is 3. The predicted molar refractivity (Wildman–Crippen MR) is 103 cm³/mol. The van der Waals surface area contributed by atoms with E-state index in [1.54, 1.807) is 54.8 Å². The summed E-state index contributed by atoms with van der Waals surface area (Å²) in [5.74, 6) is 0.0828. The molecule has 0 fully saturated rings. The van der Waals surface area contributed by atoms with Crippen molar-refractivity contribution in [1.29, 1.82) is 0 Å². The van der Waals surface area contributed by atoms with Crippen molar-refractivity contribution in [2.24, 2.45) is 0 Å². The van der Waals surface area contributed by atoms with Crippen LogP contribution in [0, 0.1) is 5.82 Å². The molecule has 2 aromatic carbocycles. The number of nitrogens with one attached hydrogen (secondary N) is 3. The molecule has 0 bridgehead atoms. The summed E-state index contributed by atoms with van der Waals surface area (Å²) >= 11 is 5.26. The lowest BCUT2D eigenvalue weighted by molar-refractivity contribution is 0.0949. The number of furan rings is 1. The molecule has 0 atom stereocenters. The molecule has 0 saturated heterocycles. The summed E-state index contributed by atoms with van der Waals surface area (Å²) in [6.45, 7) is 0.290. The molecule has 5 nitrogen and oxygen atoms in total. The van der Waals surface area contributed by atoms with Gasteiger partial charge in [-0.25, -0.2) is 4.39 Å². The topological polar surface area (TPSA) is 66.3 Å². The van der Waals surface area contributed by atoms with Gasteiger partial charge in [-0.2, -0.15) is 0 Å². The Kier molecular flexibility index (Phi) is 5.60. The Bertz CT molecular complexity index is 895. The highest BCUT2D eigenvalue weighted by Crippen LogP contribution is 2.16. The summed E-state index contributed by atoms with van der Waals surface area (Å²) in [5, 5.41) is 9.02. The molecular weight excluding hydrogens is 353 g/mol. The van der Waals surface area contributed by atoms with Crippen molar-refractivity contribution < 1.29 is 13.6 Å². The van der Waals surface area contributed by atoms with Gasteiger partial charge in [0.05, 0.1) is 24.1 Å². The van der Waals surface area contributed by atoms with Crippen LogP contribution in [0.25, 0.3) is 0 Å². The van der Waals surface area contributed by atoms with Crippen LogP contribution in [-0.4, -0.2) is 11.0 Å². The molecule has 1 aromatic heterocycles. The van der Waals surface area contributed by atoms with E-state index >= 15 is 0 Å². The van der Waals surface area contributed by atoms with Crippen LogP contribution in [0.15, 0.2) is 71.3 Å². The van der Waals surface area contributed by atoms with Gasteiger partial charge in [0.25, 0.3) is 5.91 Å². The molecule has 0 aliphatic heterocycles. The maximum atomic E-state index is 13.0. The number of amides is 1. The second-order valence-corrected chi connectivity index (χ2v) is 5.80. The number of hydrogen-bond donors (Lipinski definition) is 3. The van der Waals surface area contributed by atoms with E-state index < -0.39 is 0 Å². The van der Waals surface area contributed by atoms with Gasteiger partial charge in [-0.15, -0.1) is 0 Å². The summed E-state index contributed by atoms with van der Waals surface area (Å²) in [7, 11) is 0. The quantitative estimate of drug-likeness (QED) is 0.590. The number of carbonyl (C=O) groups is 1. The Balaban J connectivity index is 1.65. The molecule has 0 unspecified atom stereocenters. The highest BCUT2D eigenvalue weighted by molar-refractivity contribution is 7.80. The highest BCUT2D eigenvalue weighted by atomic mass is 32.1. The SMILES string of the molecule is O=C(NCc1ccco1)c1ccccc1NC(=S)Nc1ccc(F)cc1. The van der Waals surface area contributed by atoms with Crippen molar-refractivity contribution in [2.75, 3.05) is 10.6 Å². The zero-order chi connectivity index (χ0) is 18.4. The Hall–Kier alpha value is -3.19. The van der Waals surface area contributed by atoms with Gasteiger partial charge in [0.15, 0.2) is 5.11 Å². The van der Waals surface area contributed by atoms with Crippen molar-refractivity contribution >= 4 is 34.6 Å². The number of carbonyl (C=O) groups excluding carboxylic acids is 1. The summed E-state index contributed by atoms with van der Waals surface area (Å²) in [6, 6.07) is 16.4. The molecule has 26 heavy (non-hydrogen) atoms. The molecule has 3 aromatic rings. The molecule has 0 aliphatic carbocycles. The minimum Gasteiger partial charge on any atom is -0.467 e. The molecule has 0 radical (unpaired) electrons. The van der Waals surface area contributed by atoms with Crippen LogP contribution in [0.2, 0.25) is 0 Å². The van der Waals surface area contributed by atoms with Crippen LogP contribution >= 0.6 is 12.2 Å². The first-order valence-electron chi connectivity index (χ1n) is 7.85. The zero-order valence-electron chi connectivity index (χ0n) is 13.7. The van der Waals surface area contributed by atoms with Gasteiger partial charge < -0.3 is 20.4 Å². The predicted octanol–water partition coefficient (Wildman–Crippen LogP) is 4.16.